The molecule has 0 aliphatic heterocycles. The van der Waals surface area contributed by atoms with E-state index >= 15 is 0 Å². The second-order valence-corrected chi connectivity index (χ2v) is 6.94. The van der Waals surface area contributed by atoms with Gasteiger partial charge in [0.2, 0.25) is 0 Å². The first-order chi connectivity index (χ1) is 12.1. The Kier molecular flexibility index (Phi) is 5.86. The Bertz CT molecular complexity index is 649. The minimum atomic E-state index is -1.26. The van der Waals surface area contributed by atoms with Crippen molar-refractivity contribution in [2.75, 3.05) is 0 Å². The molecule has 0 saturated heterocycles. The number of rotatable bonds is 6. The SMILES string of the molecule is C[C@H](N[C@H]1CC[C@](O)(OCc2ccccc2)C[C@@H]1O)c1ccccc1. The van der Waals surface area contributed by atoms with E-state index in [-0.39, 0.29) is 18.5 Å². The lowest BCUT2D eigenvalue weighted by atomic mass is 9.86. The Morgan fingerprint density at radius 2 is 1.76 bits per heavy atom. The molecule has 4 atom stereocenters. The van der Waals surface area contributed by atoms with Crippen LogP contribution in [0.3, 0.4) is 0 Å². The fourth-order valence-electron chi connectivity index (χ4n) is 3.42. The fourth-order valence-corrected chi connectivity index (χ4v) is 3.42. The molecule has 0 radical (unpaired) electrons. The third-order valence-electron chi connectivity index (χ3n) is 4.95. The third kappa shape index (κ3) is 4.89. The summed E-state index contributed by atoms with van der Waals surface area (Å²) in [5, 5.41) is 24.6. The lowest BCUT2D eigenvalue weighted by Gasteiger charge is -2.40. The Hall–Kier alpha value is -1.72. The molecule has 0 unspecified atom stereocenters. The Labute approximate surface area is 149 Å². The van der Waals surface area contributed by atoms with E-state index < -0.39 is 11.9 Å². The van der Waals surface area contributed by atoms with E-state index in [0.29, 0.717) is 19.4 Å². The van der Waals surface area contributed by atoms with Crippen molar-refractivity contribution in [1.82, 2.24) is 5.32 Å². The number of hydrogen-bond donors (Lipinski definition) is 3. The van der Waals surface area contributed by atoms with Gasteiger partial charge in [-0.15, -0.1) is 0 Å². The van der Waals surface area contributed by atoms with Gasteiger partial charge in [0.05, 0.1) is 12.7 Å². The number of nitrogens with one attached hydrogen (secondary N) is 1. The highest BCUT2D eigenvalue weighted by molar-refractivity contribution is 5.18. The topological polar surface area (TPSA) is 61.7 Å². The molecule has 134 valence electrons. The van der Waals surface area contributed by atoms with E-state index in [4.69, 9.17) is 4.74 Å². The molecule has 0 bridgehead atoms. The zero-order valence-corrected chi connectivity index (χ0v) is 14.6. The Morgan fingerprint density at radius 3 is 2.40 bits per heavy atom. The molecule has 2 aromatic carbocycles. The van der Waals surface area contributed by atoms with Crippen LogP contribution in [0.4, 0.5) is 0 Å². The Morgan fingerprint density at radius 1 is 1.12 bits per heavy atom. The van der Waals surface area contributed by atoms with Gasteiger partial charge in [-0.25, -0.2) is 0 Å². The standard InChI is InChI=1S/C21H27NO3/c1-16(18-10-6-3-7-11-18)22-19-12-13-21(24,14-20(19)23)25-15-17-8-4-2-5-9-17/h2-11,16,19-20,22-24H,12-15H2,1H3/t16-,19-,20-,21-/m0/s1. The van der Waals surface area contributed by atoms with Crippen LogP contribution in [-0.4, -0.2) is 28.1 Å². The monoisotopic (exact) mass is 341 g/mol. The van der Waals surface area contributed by atoms with E-state index in [0.717, 1.165) is 5.56 Å². The van der Waals surface area contributed by atoms with Gasteiger partial charge in [0, 0.05) is 24.9 Å². The second-order valence-electron chi connectivity index (χ2n) is 6.94. The zero-order chi connectivity index (χ0) is 17.7. The maximum atomic E-state index is 10.7. The van der Waals surface area contributed by atoms with Crippen LogP contribution >= 0.6 is 0 Å². The quantitative estimate of drug-likeness (QED) is 0.707. The normalized spacial score (nSPS) is 27.8. The van der Waals surface area contributed by atoms with Crippen molar-refractivity contribution in [1.29, 1.82) is 0 Å². The predicted octanol–water partition coefficient (Wildman–Crippen LogP) is 3.16. The van der Waals surface area contributed by atoms with E-state index in [2.05, 4.69) is 24.4 Å². The summed E-state index contributed by atoms with van der Waals surface area (Å²) < 4.78 is 5.73. The van der Waals surface area contributed by atoms with Crippen molar-refractivity contribution >= 4 is 0 Å². The van der Waals surface area contributed by atoms with Crippen LogP contribution in [0, 0.1) is 0 Å². The number of aliphatic hydroxyl groups is 2. The van der Waals surface area contributed by atoms with Crippen molar-refractivity contribution < 1.29 is 14.9 Å². The average Bonchev–Trinajstić information content (AvgIpc) is 2.64. The molecule has 3 rings (SSSR count). The molecule has 2 aromatic rings. The lowest BCUT2D eigenvalue weighted by molar-refractivity contribution is -0.244. The first-order valence-electron chi connectivity index (χ1n) is 8.95. The van der Waals surface area contributed by atoms with Gasteiger partial charge in [-0.3, -0.25) is 0 Å². The van der Waals surface area contributed by atoms with E-state index in [1.165, 1.54) is 5.56 Å². The van der Waals surface area contributed by atoms with Crippen LogP contribution in [-0.2, 0) is 11.3 Å². The summed E-state index contributed by atoms with van der Waals surface area (Å²) in [6.07, 6.45) is 0.763. The smallest absolute Gasteiger partial charge is 0.168 e. The Balaban J connectivity index is 1.53. The largest absolute Gasteiger partial charge is 0.391 e. The van der Waals surface area contributed by atoms with Crippen LogP contribution in [0.1, 0.15) is 43.4 Å². The van der Waals surface area contributed by atoms with Crippen LogP contribution in [0.15, 0.2) is 60.7 Å². The van der Waals surface area contributed by atoms with Crippen molar-refractivity contribution in [2.24, 2.45) is 0 Å². The van der Waals surface area contributed by atoms with Crippen LogP contribution in [0.2, 0.25) is 0 Å². The number of benzene rings is 2. The second kappa shape index (κ2) is 8.11. The van der Waals surface area contributed by atoms with Gasteiger partial charge in [0.1, 0.15) is 0 Å². The summed E-state index contributed by atoms with van der Waals surface area (Å²) in [6.45, 7) is 2.44. The summed E-state index contributed by atoms with van der Waals surface area (Å²) in [6, 6.07) is 20.1. The summed E-state index contributed by atoms with van der Waals surface area (Å²) in [5.74, 6) is -1.26. The minimum Gasteiger partial charge on any atom is -0.391 e. The van der Waals surface area contributed by atoms with E-state index in [9.17, 15) is 10.2 Å². The van der Waals surface area contributed by atoms with Gasteiger partial charge >= 0.3 is 0 Å². The van der Waals surface area contributed by atoms with Gasteiger partial charge in [-0.05, 0) is 24.5 Å². The van der Waals surface area contributed by atoms with Crippen LogP contribution < -0.4 is 5.32 Å². The highest BCUT2D eigenvalue weighted by atomic mass is 16.6. The van der Waals surface area contributed by atoms with Gasteiger partial charge in [0.15, 0.2) is 5.79 Å². The molecular weight excluding hydrogens is 314 g/mol. The highest BCUT2D eigenvalue weighted by Gasteiger charge is 2.40. The molecule has 1 aliphatic rings. The molecule has 0 amide bonds. The molecular formula is C21H27NO3. The maximum absolute atomic E-state index is 10.7. The molecule has 0 heterocycles. The molecule has 1 fully saturated rings. The van der Waals surface area contributed by atoms with Crippen molar-refractivity contribution in [3.63, 3.8) is 0 Å². The third-order valence-corrected chi connectivity index (χ3v) is 4.95. The van der Waals surface area contributed by atoms with Crippen LogP contribution in [0.5, 0.6) is 0 Å². The first-order valence-corrected chi connectivity index (χ1v) is 8.95. The van der Waals surface area contributed by atoms with Crippen molar-refractivity contribution in [3.05, 3.63) is 71.8 Å². The lowest BCUT2D eigenvalue weighted by Crippen LogP contribution is -2.51. The van der Waals surface area contributed by atoms with Gasteiger partial charge in [-0.2, -0.15) is 0 Å². The van der Waals surface area contributed by atoms with Gasteiger partial charge in [-0.1, -0.05) is 60.7 Å². The molecule has 4 heteroatoms. The first kappa shape index (κ1) is 18.1. The van der Waals surface area contributed by atoms with Crippen molar-refractivity contribution in [3.8, 4) is 0 Å². The molecule has 1 saturated carbocycles. The number of hydrogen-bond acceptors (Lipinski definition) is 4. The summed E-state index contributed by atoms with van der Waals surface area (Å²) >= 11 is 0. The zero-order valence-electron chi connectivity index (χ0n) is 14.6. The van der Waals surface area contributed by atoms with E-state index in [1.807, 2.05) is 48.5 Å². The summed E-state index contributed by atoms with van der Waals surface area (Å²) in [7, 11) is 0. The molecule has 25 heavy (non-hydrogen) atoms. The number of ether oxygens (including phenoxy) is 1. The number of aliphatic hydroxyl groups excluding tert-OH is 1. The van der Waals surface area contributed by atoms with Crippen LogP contribution in [0.25, 0.3) is 0 Å². The predicted molar refractivity (Wildman–Crippen MR) is 97.8 cm³/mol. The molecule has 3 N–H and O–H groups in total. The molecule has 0 aromatic heterocycles. The van der Waals surface area contributed by atoms with Gasteiger partial charge < -0.3 is 20.3 Å². The van der Waals surface area contributed by atoms with E-state index in [1.54, 1.807) is 0 Å². The molecule has 4 nitrogen and oxygen atoms in total. The average molecular weight is 341 g/mol. The van der Waals surface area contributed by atoms with Gasteiger partial charge in [0.25, 0.3) is 0 Å². The summed E-state index contributed by atoms with van der Waals surface area (Å²) in [5.41, 5.74) is 2.21. The van der Waals surface area contributed by atoms with Crippen molar-refractivity contribution in [2.45, 2.75) is 56.8 Å². The molecule has 0 spiro atoms. The molecule has 1 aliphatic carbocycles. The summed E-state index contributed by atoms with van der Waals surface area (Å²) in [4.78, 5) is 0. The maximum Gasteiger partial charge on any atom is 0.168 e. The fraction of sp³-hybridized carbons (Fsp3) is 0.429. The minimum absolute atomic E-state index is 0.0455. The highest BCUT2D eigenvalue weighted by Crippen LogP contribution is 2.31.